The number of benzene rings is 1. The number of nitrogens with zero attached hydrogens (tertiary/aromatic N) is 3. The van der Waals surface area contributed by atoms with Crippen molar-refractivity contribution >= 4 is 17.5 Å². The van der Waals surface area contributed by atoms with Gasteiger partial charge in [-0.15, -0.1) is 0 Å². The van der Waals surface area contributed by atoms with Crippen molar-refractivity contribution in [1.29, 1.82) is 0 Å². The number of aromatic nitrogens is 3. The van der Waals surface area contributed by atoms with Crippen LogP contribution >= 0.6 is 11.6 Å². The molecule has 0 saturated carbocycles. The Morgan fingerprint density at radius 3 is 2.70 bits per heavy atom. The second-order valence-electron chi connectivity index (χ2n) is 7.33. The Balaban J connectivity index is 1.67. The molecule has 3 aromatic rings. The van der Waals surface area contributed by atoms with Crippen LogP contribution in [0.3, 0.4) is 0 Å². The van der Waals surface area contributed by atoms with Crippen molar-refractivity contribution in [1.82, 2.24) is 19.7 Å². The quantitative estimate of drug-likeness (QED) is 0.576. The zero-order chi connectivity index (χ0) is 21.7. The summed E-state index contributed by atoms with van der Waals surface area (Å²) in [5.41, 5.74) is 9.76. The summed E-state index contributed by atoms with van der Waals surface area (Å²) in [5.74, 6) is -0.224. The highest BCUT2D eigenvalue weighted by atomic mass is 35.5. The molecule has 2 heterocycles. The third-order valence-electron chi connectivity index (χ3n) is 5.03. The monoisotopic (exact) mass is 427 g/mol. The summed E-state index contributed by atoms with van der Waals surface area (Å²) in [7, 11) is 0. The van der Waals surface area contributed by atoms with Gasteiger partial charge in [0.2, 0.25) is 5.91 Å². The van der Waals surface area contributed by atoms with Crippen LogP contribution in [0.5, 0.6) is 0 Å². The Labute approximate surface area is 180 Å². The molecule has 0 bridgehead atoms. The number of hydrogen-bond acceptors (Lipinski definition) is 4. The largest absolute Gasteiger partial charge is 0.352 e. The van der Waals surface area contributed by atoms with Gasteiger partial charge in [-0.05, 0) is 54.3 Å². The summed E-state index contributed by atoms with van der Waals surface area (Å²) in [6.07, 6.45) is 5.49. The lowest BCUT2D eigenvalue weighted by molar-refractivity contribution is -0.120. The molecule has 3 N–H and O–H groups in total. The molecule has 7 nitrogen and oxygen atoms in total. The number of aryl methyl sites for hydroxylation is 4. The molecule has 0 fully saturated rings. The van der Waals surface area contributed by atoms with Crippen LogP contribution in [-0.4, -0.2) is 20.3 Å². The fourth-order valence-electron chi connectivity index (χ4n) is 3.28. The summed E-state index contributed by atoms with van der Waals surface area (Å²) in [6.45, 7) is 5.55. The van der Waals surface area contributed by atoms with Crippen LogP contribution in [0.2, 0.25) is 5.02 Å². The van der Waals surface area contributed by atoms with Crippen LogP contribution in [0.25, 0.3) is 0 Å². The van der Waals surface area contributed by atoms with Gasteiger partial charge in [0.15, 0.2) is 0 Å². The Bertz CT molecular complexity index is 1100. The van der Waals surface area contributed by atoms with Gasteiger partial charge in [-0.25, -0.2) is 0 Å². The van der Waals surface area contributed by atoms with E-state index < -0.39 is 0 Å². The molecular weight excluding hydrogens is 402 g/mol. The van der Waals surface area contributed by atoms with E-state index >= 15 is 0 Å². The Kier molecular flexibility index (Phi) is 7.07. The number of hydrogen-bond donors (Lipinski definition) is 2. The molecule has 0 atom stereocenters. The number of nitrogens with two attached hydrogens (primary N) is 1. The molecule has 1 amide bonds. The lowest BCUT2D eigenvalue weighted by atomic mass is 10.1. The number of carbonyl (C=O) groups excluding carboxylic acids is 1. The van der Waals surface area contributed by atoms with Crippen LogP contribution in [-0.2, 0) is 37.4 Å². The maximum absolute atomic E-state index is 12.9. The van der Waals surface area contributed by atoms with Crippen molar-refractivity contribution in [3.05, 3.63) is 86.0 Å². The number of rotatable bonds is 8. The first kappa shape index (κ1) is 21.8. The minimum atomic E-state index is -0.224. The lowest BCUT2D eigenvalue weighted by Crippen LogP contribution is -2.31. The van der Waals surface area contributed by atoms with Gasteiger partial charge in [0.05, 0.1) is 19.2 Å². The third-order valence-corrected chi connectivity index (χ3v) is 5.27. The van der Waals surface area contributed by atoms with E-state index in [-0.39, 0.29) is 17.9 Å². The molecule has 158 valence electrons. The number of carbonyl (C=O) groups is 1. The first-order chi connectivity index (χ1) is 14.4. The highest BCUT2D eigenvalue weighted by Gasteiger charge is 2.13. The second-order valence-corrected chi connectivity index (χ2v) is 7.76. The van der Waals surface area contributed by atoms with Crippen LogP contribution in [0.1, 0.15) is 27.8 Å². The number of nitrogens with one attached hydrogen (secondary N) is 1. The molecule has 0 aliphatic heterocycles. The molecule has 30 heavy (non-hydrogen) atoms. The lowest BCUT2D eigenvalue weighted by Gasteiger charge is -2.12. The van der Waals surface area contributed by atoms with E-state index in [0.717, 1.165) is 22.3 Å². The van der Waals surface area contributed by atoms with Gasteiger partial charge in [-0.1, -0.05) is 17.7 Å². The van der Waals surface area contributed by atoms with Gasteiger partial charge in [-0.2, -0.15) is 5.10 Å². The second kappa shape index (κ2) is 9.73. The van der Waals surface area contributed by atoms with Gasteiger partial charge >= 0.3 is 0 Å². The van der Waals surface area contributed by atoms with Crippen molar-refractivity contribution in [2.45, 2.75) is 46.4 Å². The Morgan fingerprint density at radius 1 is 1.20 bits per heavy atom. The average molecular weight is 428 g/mol. The molecule has 0 aliphatic carbocycles. The number of amides is 1. The normalized spacial score (nSPS) is 10.9. The fourth-order valence-corrected chi connectivity index (χ4v) is 3.47. The summed E-state index contributed by atoms with van der Waals surface area (Å²) in [5, 5.41) is 7.70. The van der Waals surface area contributed by atoms with Crippen LogP contribution in [0.15, 0.2) is 47.7 Å². The molecule has 0 saturated heterocycles. The summed E-state index contributed by atoms with van der Waals surface area (Å²) in [4.78, 5) is 25.4. The van der Waals surface area contributed by atoms with Crippen molar-refractivity contribution in [3.8, 4) is 0 Å². The minimum absolute atomic E-state index is 0.0188. The highest BCUT2D eigenvalue weighted by molar-refractivity contribution is 6.30. The van der Waals surface area contributed by atoms with Gasteiger partial charge in [0.25, 0.3) is 5.56 Å². The van der Waals surface area contributed by atoms with E-state index in [4.69, 9.17) is 17.3 Å². The Hall–Kier alpha value is -2.90. The predicted octanol–water partition coefficient (Wildman–Crippen LogP) is 2.33. The van der Waals surface area contributed by atoms with E-state index in [0.29, 0.717) is 36.8 Å². The maximum Gasteiger partial charge on any atom is 0.254 e. The molecule has 1 aromatic carbocycles. The third kappa shape index (κ3) is 5.37. The minimum Gasteiger partial charge on any atom is -0.352 e. The van der Waals surface area contributed by atoms with E-state index in [9.17, 15) is 9.59 Å². The SMILES string of the molecule is Cc1cnn(CCn2ccc(C)c(CC(=O)NCc3cc(Cl)ccc3CN)c2=O)c1. The summed E-state index contributed by atoms with van der Waals surface area (Å²) < 4.78 is 3.42. The van der Waals surface area contributed by atoms with Crippen molar-refractivity contribution in [2.24, 2.45) is 5.73 Å². The smallest absolute Gasteiger partial charge is 0.254 e. The zero-order valence-corrected chi connectivity index (χ0v) is 17.9. The number of halogens is 1. The highest BCUT2D eigenvalue weighted by Crippen LogP contribution is 2.16. The molecule has 3 rings (SSSR count). The van der Waals surface area contributed by atoms with Crippen molar-refractivity contribution in [3.63, 3.8) is 0 Å². The summed E-state index contributed by atoms with van der Waals surface area (Å²) >= 11 is 6.05. The van der Waals surface area contributed by atoms with Gasteiger partial charge in [0.1, 0.15) is 0 Å². The topological polar surface area (TPSA) is 94.9 Å². The first-order valence-corrected chi connectivity index (χ1v) is 10.2. The molecule has 2 aromatic heterocycles. The van der Waals surface area contributed by atoms with Crippen LogP contribution < -0.4 is 16.6 Å². The molecule has 8 heteroatoms. The van der Waals surface area contributed by atoms with Crippen molar-refractivity contribution < 1.29 is 4.79 Å². The molecule has 0 unspecified atom stereocenters. The molecular formula is C22H26ClN5O2. The molecule has 0 spiro atoms. The predicted molar refractivity (Wildman–Crippen MR) is 117 cm³/mol. The van der Waals surface area contributed by atoms with Crippen molar-refractivity contribution in [2.75, 3.05) is 0 Å². The molecule has 0 aliphatic rings. The van der Waals surface area contributed by atoms with E-state index in [2.05, 4.69) is 10.4 Å². The fraction of sp³-hybridized carbons (Fsp3) is 0.318. The van der Waals surface area contributed by atoms with E-state index in [1.165, 1.54) is 0 Å². The first-order valence-electron chi connectivity index (χ1n) is 9.79. The Morgan fingerprint density at radius 2 is 2.00 bits per heavy atom. The summed E-state index contributed by atoms with van der Waals surface area (Å²) in [6, 6.07) is 7.28. The average Bonchev–Trinajstić information content (AvgIpc) is 3.14. The zero-order valence-electron chi connectivity index (χ0n) is 17.2. The van der Waals surface area contributed by atoms with Gasteiger partial charge in [-0.3, -0.25) is 14.3 Å². The van der Waals surface area contributed by atoms with Crippen LogP contribution in [0, 0.1) is 13.8 Å². The molecule has 0 radical (unpaired) electrons. The van der Waals surface area contributed by atoms with E-state index in [1.54, 1.807) is 33.8 Å². The number of pyridine rings is 1. The van der Waals surface area contributed by atoms with E-state index in [1.807, 2.05) is 32.2 Å². The standard InChI is InChI=1S/C22H26ClN5O2/c1-15-12-26-28(14-15)8-7-27-6-5-16(2)20(22(27)30)10-21(29)25-13-18-9-19(23)4-3-17(18)11-24/h3-6,9,12,14H,7-8,10-11,13,24H2,1-2H3,(H,25,29). The maximum atomic E-state index is 12.9. The van der Waals surface area contributed by atoms with Gasteiger partial charge < -0.3 is 15.6 Å². The van der Waals surface area contributed by atoms with Crippen LogP contribution in [0.4, 0.5) is 0 Å². The van der Waals surface area contributed by atoms with Gasteiger partial charge in [0, 0.05) is 42.6 Å².